The second-order valence-corrected chi connectivity index (χ2v) is 5.37. The first-order chi connectivity index (χ1) is 9.90. The van der Waals surface area contributed by atoms with Gasteiger partial charge in [-0.2, -0.15) is 0 Å². The highest BCUT2D eigenvalue weighted by Gasteiger charge is 2.46. The van der Waals surface area contributed by atoms with Crippen molar-refractivity contribution in [3.8, 4) is 0 Å². The van der Waals surface area contributed by atoms with Crippen LogP contribution in [-0.2, 0) is 9.59 Å². The van der Waals surface area contributed by atoms with Crippen molar-refractivity contribution in [1.82, 2.24) is 4.90 Å². The normalized spacial score (nSPS) is 20.1. The number of carboxylic acid groups (broad SMARTS) is 1. The van der Waals surface area contributed by atoms with Crippen LogP contribution in [0.5, 0.6) is 0 Å². The largest absolute Gasteiger partial charge is 0.481 e. The highest BCUT2D eigenvalue weighted by Crippen LogP contribution is 2.49. The molecule has 6 heteroatoms. The van der Waals surface area contributed by atoms with E-state index in [1.165, 1.54) is 4.90 Å². The predicted octanol–water partition coefficient (Wildman–Crippen LogP) is 2.39. The SMILES string of the molecule is CN(CCCC(=O)O)C(=O)C1CC1c1cc(F)ccc1F. The van der Waals surface area contributed by atoms with E-state index in [2.05, 4.69) is 0 Å². The maximum Gasteiger partial charge on any atom is 0.303 e. The van der Waals surface area contributed by atoms with Gasteiger partial charge in [-0.15, -0.1) is 0 Å². The number of benzene rings is 1. The summed E-state index contributed by atoms with van der Waals surface area (Å²) in [5.41, 5.74) is 0.243. The Morgan fingerprint density at radius 1 is 1.38 bits per heavy atom. The molecule has 21 heavy (non-hydrogen) atoms. The van der Waals surface area contributed by atoms with Crippen molar-refractivity contribution in [2.24, 2.45) is 5.92 Å². The van der Waals surface area contributed by atoms with Crippen LogP contribution in [0.25, 0.3) is 0 Å². The van der Waals surface area contributed by atoms with E-state index in [0.29, 0.717) is 19.4 Å². The third kappa shape index (κ3) is 3.77. The van der Waals surface area contributed by atoms with Crippen LogP contribution >= 0.6 is 0 Å². The molecule has 1 saturated carbocycles. The van der Waals surface area contributed by atoms with Gasteiger partial charge in [0.15, 0.2) is 0 Å². The minimum Gasteiger partial charge on any atom is -0.481 e. The smallest absolute Gasteiger partial charge is 0.303 e. The quantitative estimate of drug-likeness (QED) is 0.877. The Morgan fingerprint density at radius 2 is 2.10 bits per heavy atom. The fourth-order valence-electron chi connectivity index (χ4n) is 2.47. The van der Waals surface area contributed by atoms with Gasteiger partial charge in [0, 0.05) is 25.9 Å². The molecule has 4 nitrogen and oxygen atoms in total. The fraction of sp³-hybridized carbons (Fsp3) is 0.467. The monoisotopic (exact) mass is 297 g/mol. The molecule has 1 aliphatic carbocycles. The van der Waals surface area contributed by atoms with Gasteiger partial charge in [0.25, 0.3) is 0 Å². The van der Waals surface area contributed by atoms with Gasteiger partial charge >= 0.3 is 5.97 Å². The number of rotatable bonds is 6. The molecule has 0 heterocycles. The molecule has 1 N–H and O–H groups in total. The third-order valence-corrected chi connectivity index (χ3v) is 3.73. The molecule has 0 spiro atoms. The summed E-state index contributed by atoms with van der Waals surface area (Å²) in [6.45, 7) is 0.347. The van der Waals surface area contributed by atoms with Crippen LogP contribution in [0.3, 0.4) is 0 Å². The second kappa shape index (κ2) is 6.20. The van der Waals surface area contributed by atoms with E-state index in [1.54, 1.807) is 7.05 Å². The number of hydrogen-bond donors (Lipinski definition) is 1. The summed E-state index contributed by atoms with van der Waals surface area (Å²) in [6, 6.07) is 3.26. The van der Waals surface area contributed by atoms with E-state index in [-0.39, 0.29) is 29.7 Å². The predicted molar refractivity (Wildman–Crippen MR) is 71.7 cm³/mol. The summed E-state index contributed by atoms with van der Waals surface area (Å²) in [5, 5.41) is 8.55. The van der Waals surface area contributed by atoms with Gasteiger partial charge in [0.1, 0.15) is 11.6 Å². The summed E-state index contributed by atoms with van der Waals surface area (Å²) in [5.74, 6) is -2.67. The first-order valence-corrected chi connectivity index (χ1v) is 6.82. The summed E-state index contributed by atoms with van der Waals surface area (Å²) in [7, 11) is 1.60. The van der Waals surface area contributed by atoms with E-state index >= 15 is 0 Å². The second-order valence-electron chi connectivity index (χ2n) is 5.37. The molecule has 1 aromatic rings. The van der Waals surface area contributed by atoms with Crippen molar-refractivity contribution in [3.05, 3.63) is 35.4 Å². The maximum atomic E-state index is 13.6. The van der Waals surface area contributed by atoms with Crippen molar-refractivity contribution in [3.63, 3.8) is 0 Å². The van der Waals surface area contributed by atoms with Crippen molar-refractivity contribution >= 4 is 11.9 Å². The van der Waals surface area contributed by atoms with Gasteiger partial charge in [-0.05, 0) is 42.5 Å². The van der Waals surface area contributed by atoms with E-state index in [1.807, 2.05) is 0 Å². The van der Waals surface area contributed by atoms with Crippen LogP contribution in [0.4, 0.5) is 8.78 Å². The highest BCUT2D eigenvalue weighted by atomic mass is 19.1. The van der Waals surface area contributed by atoms with Crippen LogP contribution in [0, 0.1) is 17.6 Å². The maximum absolute atomic E-state index is 13.6. The first-order valence-electron chi connectivity index (χ1n) is 6.82. The van der Waals surface area contributed by atoms with E-state index in [9.17, 15) is 18.4 Å². The number of aliphatic carboxylic acids is 1. The van der Waals surface area contributed by atoms with Crippen LogP contribution in [0.2, 0.25) is 0 Å². The van der Waals surface area contributed by atoms with Crippen LogP contribution in [0.1, 0.15) is 30.7 Å². The highest BCUT2D eigenvalue weighted by molar-refractivity contribution is 5.82. The summed E-state index contributed by atoms with van der Waals surface area (Å²) in [4.78, 5) is 24.0. The molecule has 1 aliphatic rings. The Morgan fingerprint density at radius 3 is 2.76 bits per heavy atom. The zero-order chi connectivity index (χ0) is 15.6. The van der Waals surface area contributed by atoms with Gasteiger partial charge in [0.2, 0.25) is 5.91 Å². The standard InChI is InChI=1S/C15H17F2NO3/c1-18(6-2-3-14(19)20)15(21)12-8-10(12)11-7-9(16)4-5-13(11)17/h4-5,7,10,12H,2-3,6,8H2,1H3,(H,19,20). The van der Waals surface area contributed by atoms with Crippen LogP contribution in [0.15, 0.2) is 18.2 Å². The molecular weight excluding hydrogens is 280 g/mol. The molecule has 0 aliphatic heterocycles. The Hall–Kier alpha value is -1.98. The van der Waals surface area contributed by atoms with Crippen molar-refractivity contribution < 1.29 is 23.5 Å². The Balaban J connectivity index is 1.91. The van der Waals surface area contributed by atoms with Crippen LogP contribution < -0.4 is 0 Å². The minimum absolute atomic E-state index is 0.00421. The lowest BCUT2D eigenvalue weighted by atomic mass is 10.1. The number of carbonyl (C=O) groups excluding carboxylic acids is 1. The lowest BCUT2D eigenvalue weighted by Gasteiger charge is -2.16. The van der Waals surface area contributed by atoms with E-state index < -0.39 is 17.6 Å². The average molecular weight is 297 g/mol. The molecule has 1 amide bonds. The zero-order valence-electron chi connectivity index (χ0n) is 11.7. The Kier molecular flexibility index (Phi) is 4.55. The molecule has 0 radical (unpaired) electrons. The molecule has 2 atom stereocenters. The summed E-state index contributed by atoms with van der Waals surface area (Å²) >= 11 is 0. The van der Waals surface area contributed by atoms with Crippen molar-refractivity contribution in [1.29, 1.82) is 0 Å². The Bertz CT molecular complexity index is 562. The van der Waals surface area contributed by atoms with Crippen molar-refractivity contribution in [2.45, 2.75) is 25.2 Å². The molecule has 0 aromatic heterocycles. The number of carboxylic acids is 1. The van der Waals surface area contributed by atoms with Gasteiger partial charge in [0.05, 0.1) is 0 Å². The number of nitrogens with zero attached hydrogens (tertiary/aromatic N) is 1. The molecule has 1 fully saturated rings. The molecule has 1 aromatic carbocycles. The molecule has 114 valence electrons. The topological polar surface area (TPSA) is 57.6 Å². The first kappa shape index (κ1) is 15.4. The molecule has 0 bridgehead atoms. The van der Waals surface area contributed by atoms with Gasteiger partial charge in [-0.25, -0.2) is 8.78 Å². The molecule has 0 saturated heterocycles. The average Bonchev–Trinajstić information content (AvgIpc) is 3.20. The minimum atomic E-state index is -0.901. The zero-order valence-corrected chi connectivity index (χ0v) is 11.7. The van der Waals surface area contributed by atoms with Crippen molar-refractivity contribution in [2.75, 3.05) is 13.6 Å². The van der Waals surface area contributed by atoms with E-state index in [4.69, 9.17) is 5.11 Å². The molecular formula is C15H17F2NO3. The third-order valence-electron chi connectivity index (χ3n) is 3.73. The number of carbonyl (C=O) groups is 2. The van der Waals surface area contributed by atoms with Gasteiger partial charge in [-0.1, -0.05) is 0 Å². The lowest BCUT2D eigenvalue weighted by molar-refractivity contribution is -0.138. The summed E-state index contributed by atoms with van der Waals surface area (Å²) in [6.07, 6.45) is 0.885. The van der Waals surface area contributed by atoms with E-state index in [0.717, 1.165) is 18.2 Å². The number of halogens is 2. The van der Waals surface area contributed by atoms with Crippen LogP contribution in [-0.4, -0.2) is 35.5 Å². The number of amides is 1. The molecule has 2 unspecified atom stereocenters. The lowest BCUT2D eigenvalue weighted by Crippen LogP contribution is -2.29. The molecule has 2 rings (SSSR count). The Labute approximate surface area is 121 Å². The summed E-state index contributed by atoms with van der Waals surface area (Å²) < 4.78 is 26.8. The number of hydrogen-bond acceptors (Lipinski definition) is 2. The fourth-order valence-corrected chi connectivity index (χ4v) is 2.47. The van der Waals surface area contributed by atoms with Gasteiger partial charge < -0.3 is 10.0 Å². The van der Waals surface area contributed by atoms with Gasteiger partial charge in [-0.3, -0.25) is 9.59 Å².